The van der Waals surface area contributed by atoms with E-state index in [1.807, 2.05) is 6.07 Å². The van der Waals surface area contributed by atoms with E-state index in [4.69, 9.17) is 9.47 Å². The van der Waals surface area contributed by atoms with E-state index in [9.17, 15) is 0 Å². The molecule has 0 atom stereocenters. The van der Waals surface area contributed by atoms with Gasteiger partial charge in [0.05, 0.1) is 0 Å². The number of nitrogens with zero attached hydrogens (tertiary/aromatic N) is 2. The van der Waals surface area contributed by atoms with Crippen LogP contribution >= 0.6 is 0 Å². The fourth-order valence-corrected chi connectivity index (χ4v) is 3.01. The third kappa shape index (κ3) is 3.38. The number of benzene rings is 1. The Hall–Kier alpha value is -1.92. The molecule has 6 nitrogen and oxygen atoms in total. The molecule has 1 aliphatic rings. The SMILES string of the molecule is CCCc1ccccc1Nc1n[nH]c(C2(OC)CCOCC2)n1. The van der Waals surface area contributed by atoms with Crippen molar-refractivity contribution in [1.29, 1.82) is 0 Å². The first-order valence-electron chi connectivity index (χ1n) is 8.18. The van der Waals surface area contributed by atoms with E-state index in [0.717, 1.165) is 37.2 Å². The molecule has 1 aromatic carbocycles. The van der Waals surface area contributed by atoms with Gasteiger partial charge in [0, 0.05) is 38.9 Å². The minimum Gasteiger partial charge on any atom is -0.381 e. The van der Waals surface area contributed by atoms with Crippen LogP contribution in [-0.2, 0) is 21.5 Å². The Morgan fingerprint density at radius 1 is 1.30 bits per heavy atom. The predicted octanol–water partition coefficient (Wildman–Crippen LogP) is 3.15. The molecule has 0 bridgehead atoms. The highest BCUT2D eigenvalue weighted by Gasteiger charge is 2.37. The lowest BCUT2D eigenvalue weighted by molar-refractivity contribution is -0.0997. The second-order valence-electron chi connectivity index (χ2n) is 5.85. The Morgan fingerprint density at radius 3 is 2.83 bits per heavy atom. The van der Waals surface area contributed by atoms with Crippen LogP contribution in [0.2, 0.25) is 0 Å². The Morgan fingerprint density at radius 2 is 2.09 bits per heavy atom. The zero-order valence-corrected chi connectivity index (χ0v) is 13.8. The van der Waals surface area contributed by atoms with Crippen LogP contribution in [0.15, 0.2) is 24.3 Å². The van der Waals surface area contributed by atoms with Gasteiger partial charge in [-0.25, -0.2) is 0 Å². The molecular weight excluding hydrogens is 292 g/mol. The highest BCUT2D eigenvalue weighted by Crippen LogP contribution is 2.33. The van der Waals surface area contributed by atoms with Crippen molar-refractivity contribution in [2.24, 2.45) is 0 Å². The third-order valence-corrected chi connectivity index (χ3v) is 4.39. The molecule has 1 aliphatic heterocycles. The van der Waals surface area contributed by atoms with Crippen molar-refractivity contribution in [3.8, 4) is 0 Å². The van der Waals surface area contributed by atoms with Crippen molar-refractivity contribution in [2.45, 2.75) is 38.2 Å². The molecule has 124 valence electrons. The molecule has 0 saturated carbocycles. The summed E-state index contributed by atoms with van der Waals surface area (Å²) in [4.78, 5) is 4.62. The van der Waals surface area contributed by atoms with E-state index in [1.165, 1.54) is 5.56 Å². The number of hydrogen-bond donors (Lipinski definition) is 2. The molecule has 2 aromatic rings. The summed E-state index contributed by atoms with van der Waals surface area (Å²) in [6.45, 7) is 3.53. The Labute approximate surface area is 136 Å². The number of anilines is 2. The molecule has 2 heterocycles. The van der Waals surface area contributed by atoms with Gasteiger partial charge in [-0.3, -0.25) is 5.10 Å². The molecule has 0 aliphatic carbocycles. The van der Waals surface area contributed by atoms with Crippen molar-refractivity contribution < 1.29 is 9.47 Å². The van der Waals surface area contributed by atoms with E-state index >= 15 is 0 Å². The summed E-state index contributed by atoms with van der Waals surface area (Å²) in [6.07, 6.45) is 3.69. The monoisotopic (exact) mass is 316 g/mol. The fraction of sp³-hybridized carbons (Fsp3) is 0.529. The van der Waals surface area contributed by atoms with E-state index in [1.54, 1.807) is 7.11 Å². The van der Waals surface area contributed by atoms with E-state index in [2.05, 4.69) is 45.6 Å². The number of methoxy groups -OCH3 is 1. The van der Waals surface area contributed by atoms with Gasteiger partial charge >= 0.3 is 0 Å². The zero-order valence-electron chi connectivity index (χ0n) is 13.8. The lowest BCUT2D eigenvalue weighted by Crippen LogP contribution is -2.36. The quantitative estimate of drug-likeness (QED) is 0.856. The van der Waals surface area contributed by atoms with Crippen LogP contribution in [-0.4, -0.2) is 35.5 Å². The van der Waals surface area contributed by atoms with Crippen molar-refractivity contribution in [1.82, 2.24) is 15.2 Å². The second-order valence-corrected chi connectivity index (χ2v) is 5.85. The number of para-hydroxylation sites is 1. The molecule has 0 unspecified atom stereocenters. The Balaban J connectivity index is 1.80. The third-order valence-electron chi connectivity index (χ3n) is 4.39. The summed E-state index contributed by atoms with van der Waals surface area (Å²) in [5, 5.41) is 10.7. The maximum atomic E-state index is 5.75. The molecule has 1 fully saturated rings. The number of nitrogens with one attached hydrogen (secondary N) is 2. The molecule has 0 spiro atoms. The van der Waals surface area contributed by atoms with Gasteiger partial charge in [-0.15, -0.1) is 5.10 Å². The van der Waals surface area contributed by atoms with Crippen LogP contribution in [0.4, 0.5) is 11.6 Å². The molecule has 6 heteroatoms. The lowest BCUT2D eigenvalue weighted by atomic mass is 9.93. The highest BCUT2D eigenvalue weighted by atomic mass is 16.5. The van der Waals surface area contributed by atoms with Crippen LogP contribution in [0.25, 0.3) is 0 Å². The van der Waals surface area contributed by atoms with Gasteiger partial charge in [-0.1, -0.05) is 31.5 Å². The van der Waals surface area contributed by atoms with Gasteiger partial charge in [0.25, 0.3) is 0 Å². The first-order chi connectivity index (χ1) is 11.3. The minimum absolute atomic E-state index is 0.423. The molecule has 0 amide bonds. The first-order valence-corrected chi connectivity index (χ1v) is 8.18. The first kappa shape index (κ1) is 16.0. The molecule has 2 N–H and O–H groups in total. The average molecular weight is 316 g/mol. The summed E-state index contributed by atoms with van der Waals surface area (Å²) in [5.74, 6) is 1.34. The average Bonchev–Trinajstić information content (AvgIpc) is 3.07. The number of ether oxygens (including phenoxy) is 2. The summed E-state index contributed by atoms with van der Waals surface area (Å²) < 4.78 is 11.2. The molecule has 3 rings (SSSR count). The number of H-pyrrole nitrogens is 1. The van der Waals surface area contributed by atoms with E-state index < -0.39 is 5.60 Å². The van der Waals surface area contributed by atoms with Crippen LogP contribution in [0.3, 0.4) is 0 Å². The number of aromatic nitrogens is 3. The van der Waals surface area contributed by atoms with Gasteiger partial charge in [-0.2, -0.15) is 4.98 Å². The standard InChI is InChI=1S/C17H24N4O2/c1-3-6-13-7-4-5-8-14(13)18-16-19-15(20-21-16)17(22-2)9-11-23-12-10-17/h4-5,7-8H,3,6,9-12H2,1-2H3,(H2,18,19,20,21). The number of aromatic amines is 1. The van der Waals surface area contributed by atoms with Crippen molar-refractivity contribution in [3.63, 3.8) is 0 Å². The Bertz CT molecular complexity index is 635. The number of hydrogen-bond acceptors (Lipinski definition) is 5. The van der Waals surface area contributed by atoms with Crippen LogP contribution in [0, 0.1) is 0 Å². The molecule has 0 radical (unpaired) electrons. The largest absolute Gasteiger partial charge is 0.381 e. The van der Waals surface area contributed by atoms with E-state index in [0.29, 0.717) is 19.2 Å². The van der Waals surface area contributed by atoms with Crippen molar-refractivity contribution in [3.05, 3.63) is 35.7 Å². The number of rotatable bonds is 6. The fourth-order valence-electron chi connectivity index (χ4n) is 3.01. The maximum absolute atomic E-state index is 5.75. The highest BCUT2D eigenvalue weighted by molar-refractivity contribution is 5.58. The summed E-state index contributed by atoms with van der Waals surface area (Å²) in [7, 11) is 1.72. The molecule has 1 aromatic heterocycles. The topological polar surface area (TPSA) is 72.1 Å². The van der Waals surface area contributed by atoms with Gasteiger partial charge in [-0.05, 0) is 18.1 Å². The normalized spacial score (nSPS) is 17.1. The minimum atomic E-state index is -0.423. The predicted molar refractivity (Wildman–Crippen MR) is 88.8 cm³/mol. The lowest BCUT2D eigenvalue weighted by Gasteiger charge is -2.33. The van der Waals surface area contributed by atoms with Gasteiger partial charge in [0.2, 0.25) is 5.95 Å². The summed E-state index contributed by atoms with van der Waals surface area (Å²) in [6, 6.07) is 8.27. The van der Waals surface area contributed by atoms with Gasteiger partial charge < -0.3 is 14.8 Å². The van der Waals surface area contributed by atoms with Gasteiger partial charge in [0.1, 0.15) is 5.60 Å². The van der Waals surface area contributed by atoms with E-state index in [-0.39, 0.29) is 0 Å². The van der Waals surface area contributed by atoms with Crippen molar-refractivity contribution >= 4 is 11.6 Å². The summed E-state index contributed by atoms with van der Waals surface area (Å²) in [5.41, 5.74) is 1.90. The van der Waals surface area contributed by atoms with Crippen LogP contribution < -0.4 is 5.32 Å². The molecular formula is C17H24N4O2. The molecule has 23 heavy (non-hydrogen) atoms. The number of aryl methyl sites for hydroxylation is 1. The molecule has 1 saturated heterocycles. The van der Waals surface area contributed by atoms with Gasteiger partial charge in [0.15, 0.2) is 5.82 Å². The van der Waals surface area contributed by atoms with Crippen molar-refractivity contribution in [2.75, 3.05) is 25.6 Å². The second kappa shape index (κ2) is 7.10. The maximum Gasteiger partial charge on any atom is 0.246 e. The zero-order chi connectivity index (χ0) is 16.1. The Kier molecular flexibility index (Phi) is 4.93. The van der Waals surface area contributed by atoms with Crippen LogP contribution in [0.5, 0.6) is 0 Å². The summed E-state index contributed by atoms with van der Waals surface area (Å²) >= 11 is 0. The smallest absolute Gasteiger partial charge is 0.246 e. The van der Waals surface area contributed by atoms with Crippen LogP contribution in [0.1, 0.15) is 37.6 Å².